The zero-order valence-corrected chi connectivity index (χ0v) is 12.5. The second kappa shape index (κ2) is 5.61. The van der Waals surface area contributed by atoms with Gasteiger partial charge in [-0.1, -0.05) is 23.7 Å². The molecule has 2 aromatic heterocycles. The fraction of sp³-hybridized carbons (Fsp3) is 0.0625. The van der Waals surface area contributed by atoms with Crippen LogP contribution in [0.2, 0.25) is 5.02 Å². The quantitative estimate of drug-likeness (QED) is 0.791. The lowest BCUT2D eigenvalue weighted by atomic mass is 10.2. The number of carbonyl (C=O) groups is 1. The van der Waals surface area contributed by atoms with Gasteiger partial charge in [0.2, 0.25) is 0 Å². The van der Waals surface area contributed by atoms with E-state index in [4.69, 9.17) is 11.6 Å². The van der Waals surface area contributed by atoms with Crippen molar-refractivity contribution in [2.45, 2.75) is 6.92 Å². The summed E-state index contributed by atoms with van der Waals surface area (Å²) in [4.78, 5) is 28.8. The Bertz CT molecular complexity index is 934. The topological polar surface area (TPSA) is 63.5 Å². The van der Waals surface area contributed by atoms with Crippen LogP contribution >= 0.6 is 11.6 Å². The van der Waals surface area contributed by atoms with Crippen molar-refractivity contribution < 1.29 is 4.79 Å². The molecule has 5 nitrogen and oxygen atoms in total. The number of anilines is 1. The van der Waals surface area contributed by atoms with E-state index in [0.717, 1.165) is 5.56 Å². The van der Waals surface area contributed by atoms with E-state index in [1.165, 1.54) is 10.6 Å². The molecule has 6 heteroatoms. The normalized spacial score (nSPS) is 10.6. The minimum Gasteiger partial charge on any atom is -0.316 e. The van der Waals surface area contributed by atoms with Crippen molar-refractivity contribution >= 4 is 28.8 Å². The molecule has 0 saturated heterocycles. The van der Waals surface area contributed by atoms with Crippen LogP contribution in [0.15, 0.2) is 53.6 Å². The van der Waals surface area contributed by atoms with Crippen LogP contribution in [0.1, 0.15) is 15.9 Å². The highest BCUT2D eigenvalue weighted by Gasteiger charge is 2.13. The average molecular weight is 314 g/mol. The number of carbonyl (C=O) groups excluding carboxylic acids is 1. The number of halogens is 1. The maximum Gasteiger partial charge on any atom is 0.281 e. The fourth-order valence-electron chi connectivity index (χ4n) is 2.10. The molecule has 22 heavy (non-hydrogen) atoms. The predicted molar refractivity (Wildman–Crippen MR) is 85.6 cm³/mol. The summed E-state index contributed by atoms with van der Waals surface area (Å²) in [7, 11) is 0. The molecule has 0 radical (unpaired) electrons. The molecule has 3 rings (SSSR count). The number of pyridine rings is 1. The third-order valence-electron chi connectivity index (χ3n) is 3.23. The van der Waals surface area contributed by atoms with Gasteiger partial charge < -0.3 is 5.32 Å². The molecule has 0 fully saturated rings. The molecule has 0 atom stereocenters. The maximum absolute atomic E-state index is 12.4. The Kier molecular flexibility index (Phi) is 3.65. The van der Waals surface area contributed by atoms with Gasteiger partial charge in [-0.05, 0) is 36.8 Å². The Hall–Kier alpha value is -2.66. The Labute approximate surface area is 131 Å². The van der Waals surface area contributed by atoms with Crippen molar-refractivity contribution in [3.8, 4) is 0 Å². The molecular weight excluding hydrogens is 302 g/mol. The summed E-state index contributed by atoms with van der Waals surface area (Å²) in [5.74, 6) is -0.448. The molecule has 0 unspecified atom stereocenters. The number of rotatable bonds is 2. The SMILES string of the molecule is Cc1ccn2c(=O)c(NC(=O)c3ccccc3Cl)cnc2c1. The second-order valence-electron chi connectivity index (χ2n) is 4.84. The molecular formula is C16H12ClN3O2. The lowest BCUT2D eigenvalue weighted by Crippen LogP contribution is -2.23. The van der Waals surface area contributed by atoms with Crippen LogP contribution in [0, 0.1) is 6.92 Å². The van der Waals surface area contributed by atoms with Gasteiger partial charge in [0.1, 0.15) is 11.3 Å². The zero-order valence-electron chi connectivity index (χ0n) is 11.7. The number of amides is 1. The van der Waals surface area contributed by atoms with E-state index in [1.807, 2.05) is 6.92 Å². The van der Waals surface area contributed by atoms with Crippen LogP contribution < -0.4 is 10.9 Å². The van der Waals surface area contributed by atoms with Crippen molar-refractivity contribution in [2.75, 3.05) is 5.32 Å². The van der Waals surface area contributed by atoms with Gasteiger partial charge in [0, 0.05) is 6.20 Å². The molecule has 0 spiro atoms. The van der Waals surface area contributed by atoms with Crippen LogP contribution in [0.5, 0.6) is 0 Å². The summed E-state index contributed by atoms with van der Waals surface area (Å²) in [6, 6.07) is 10.2. The maximum atomic E-state index is 12.4. The average Bonchev–Trinajstić information content (AvgIpc) is 2.50. The highest BCUT2D eigenvalue weighted by Crippen LogP contribution is 2.16. The van der Waals surface area contributed by atoms with Gasteiger partial charge in [0.25, 0.3) is 11.5 Å². The summed E-state index contributed by atoms with van der Waals surface area (Å²) in [6.45, 7) is 1.92. The van der Waals surface area contributed by atoms with Crippen molar-refractivity contribution in [2.24, 2.45) is 0 Å². The predicted octanol–water partition coefficient (Wildman–Crippen LogP) is 2.91. The monoisotopic (exact) mass is 313 g/mol. The van der Waals surface area contributed by atoms with Crippen LogP contribution in [0.4, 0.5) is 5.69 Å². The van der Waals surface area contributed by atoms with E-state index >= 15 is 0 Å². The first-order chi connectivity index (χ1) is 10.6. The summed E-state index contributed by atoms with van der Waals surface area (Å²) in [6.07, 6.45) is 2.98. The summed E-state index contributed by atoms with van der Waals surface area (Å²) < 4.78 is 1.38. The largest absolute Gasteiger partial charge is 0.316 e. The number of aromatic nitrogens is 2. The van der Waals surface area contributed by atoms with Crippen molar-refractivity contribution in [1.29, 1.82) is 0 Å². The molecule has 2 heterocycles. The van der Waals surface area contributed by atoms with Crippen LogP contribution in [-0.2, 0) is 0 Å². The van der Waals surface area contributed by atoms with Crippen molar-refractivity contribution in [1.82, 2.24) is 9.38 Å². The second-order valence-corrected chi connectivity index (χ2v) is 5.25. The zero-order chi connectivity index (χ0) is 15.7. The van der Waals surface area contributed by atoms with Crippen LogP contribution in [0.3, 0.4) is 0 Å². The molecule has 1 N–H and O–H groups in total. The molecule has 1 aromatic carbocycles. The number of hydrogen-bond acceptors (Lipinski definition) is 3. The number of hydrogen-bond donors (Lipinski definition) is 1. The van der Waals surface area contributed by atoms with Gasteiger partial charge in [-0.3, -0.25) is 14.0 Å². The number of aryl methyl sites for hydroxylation is 1. The number of nitrogens with zero attached hydrogens (tertiary/aromatic N) is 2. The van der Waals surface area contributed by atoms with E-state index < -0.39 is 5.91 Å². The van der Waals surface area contributed by atoms with Crippen LogP contribution in [-0.4, -0.2) is 15.3 Å². The van der Waals surface area contributed by atoms with Gasteiger partial charge in [0.15, 0.2) is 0 Å². The minimum absolute atomic E-state index is 0.103. The molecule has 0 aliphatic carbocycles. The van der Waals surface area contributed by atoms with Crippen LogP contribution in [0.25, 0.3) is 5.65 Å². The van der Waals surface area contributed by atoms with Crippen molar-refractivity contribution in [3.05, 3.63) is 75.3 Å². The number of benzene rings is 1. The molecule has 0 bridgehead atoms. The summed E-state index contributed by atoms with van der Waals surface area (Å²) in [5.41, 5.74) is 1.59. The molecule has 3 aromatic rings. The first-order valence-corrected chi connectivity index (χ1v) is 6.98. The third kappa shape index (κ3) is 2.58. The molecule has 0 aliphatic heterocycles. The van der Waals surface area contributed by atoms with Gasteiger partial charge in [-0.2, -0.15) is 0 Å². The Morgan fingerprint density at radius 3 is 2.82 bits per heavy atom. The summed E-state index contributed by atoms with van der Waals surface area (Å²) in [5, 5.41) is 2.88. The van der Waals surface area contributed by atoms with E-state index in [1.54, 1.807) is 42.6 Å². The van der Waals surface area contributed by atoms with E-state index in [-0.39, 0.29) is 11.2 Å². The minimum atomic E-state index is -0.448. The van der Waals surface area contributed by atoms with Gasteiger partial charge in [-0.15, -0.1) is 0 Å². The number of fused-ring (bicyclic) bond motifs is 1. The van der Waals surface area contributed by atoms with Gasteiger partial charge in [0.05, 0.1) is 16.8 Å². The highest BCUT2D eigenvalue weighted by molar-refractivity contribution is 6.34. The first-order valence-electron chi connectivity index (χ1n) is 6.60. The van der Waals surface area contributed by atoms with Gasteiger partial charge in [-0.25, -0.2) is 4.98 Å². The highest BCUT2D eigenvalue weighted by atomic mass is 35.5. The molecule has 1 amide bonds. The fourth-order valence-corrected chi connectivity index (χ4v) is 2.32. The van der Waals surface area contributed by atoms with Crippen molar-refractivity contribution in [3.63, 3.8) is 0 Å². The lowest BCUT2D eigenvalue weighted by molar-refractivity contribution is 0.102. The van der Waals surface area contributed by atoms with E-state index in [2.05, 4.69) is 10.3 Å². The summed E-state index contributed by atoms with van der Waals surface area (Å²) >= 11 is 5.98. The standard InChI is InChI=1S/C16H12ClN3O2/c1-10-6-7-20-14(8-10)18-9-13(16(20)22)19-15(21)11-4-2-3-5-12(11)17/h2-9H,1H3,(H,19,21). The van der Waals surface area contributed by atoms with E-state index in [0.29, 0.717) is 16.2 Å². The Balaban J connectivity index is 2.00. The lowest BCUT2D eigenvalue weighted by Gasteiger charge is -2.07. The Morgan fingerprint density at radius 2 is 2.05 bits per heavy atom. The molecule has 0 aliphatic rings. The molecule has 0 saturated carbocycles. The Morgan fingerprint density at radius 1 is 1.27 bits per heavy atom. The first kappa shape index (κ1) is 14.3. The smallest absolute Gasteiger partial charge is 0.281 e. The number of nitrogens with one attached hydrogen (secondary N) is 1. The van der Waals surface area contributed by atoms with E-state index in [9.17, 15) is 9.59 Å². The third-order valence-corrected chi connectivity index (χ3v) is 3.56. The van der Waals surface area contributed by atoms with Gasteiger partial charge >= 0.3 is 0 Å². The molecule has 110 valence electrons.